The molecule has 1 aromatic carbocycles. The number of hydrogen-bond acceptors (Lipinski definition) is 5. The molecule has 2 aromatic rings. The predicted molar refractivity (Wildman–Crippen MR) is 115 cm³/mol. The summed E-state index contributed by atoms with van der Waals surface area (Å²) in [5.74, 6) is 3.39. The molecule has 1 amide bonds. The summed E-state index contributed by atoms with van der Waals surface area (Å²) in [6, 6.07) is 10.9. The van der Waals surface area contributed by atoms with Crippen molar-refractivity contribution < 1.29 is 22.4 Å². The zero-order valence-corrected chi connectivity index (χ0v) is 18.1. The molecule has 0 N–H and O–H groups in total. The predicted octanol–water partition coefficient (Wildman–Crippen LogP) is 3.64. The smallest absolute Gasteiger partial charge is 0.247 e. The van der Waals surface area contributed by atoms with Gasteiger partial charge in [0.2, 0.25) is 5.91 Å². The van der Waals surface area contributed by atoms with E-state index < -0.39 is 9.84 Å². The van der Waals surface area contributed by atoms with Crippen LogP contribution in [0.4, 0.5) is 0 Å². The number of methoxy groups -OCH3 is 1. The summed E-state index contributed by atoms with van der Waals surface area (Å²) in [4.78, 5) is 14.7. The largest absolute Gasteiger partial charge is 0.497 e. The Morgan fingerprint density at radius 2 is 1.97 bits per heavy atom. The Morgan fingerprint density at radius 1 is 1.23 bits per heavy atom. The average molecular weight is 430 g/mol. The van der Waals surface area contributed by atoms with Crippen LogP contribution in [0, 0.1) is 5.92 Å². The summed E-state index contributed by atoms with van der Waals surface area (Å²) in [5, 5.41) is 0. The first-order chi connectivity index (χ1) is 14.3. The minimum atomic E-state index is -3.11. The molecule has 1 aliphatic heterocycles. The highest BCUT2D eigenvalue weighted by Gasteiger charge is 2.37. The molecule has 1 saturated heterocycles. The quantitative estimate of drug-likeness (QED) is 0.628. The van der Waals surface area contributed by atoms with E-state index in [1.807, 2.05) is 36.4 Å². The van der Waals surface area contributed by atoms with Gasteiger partial charge in [-0.15, -0.1) is 0 Å². The third-order valence-electron chi connectivity index (χ3n) is 5.95. The van der Waals surface area contributed by atoms with Crippen molar-refractivity contribution in [1.82, 2.24) is 4.90 Å². The number of benzene rings is 1. The van der Waals surface area contributed by atoms with E-state index in [4.69, 9.17) is 9.15 Å². The molecule has 4 rings (SSSR count). The Kier molecular flexibility index (Phi) is 5.73. The standard InChI is InChI=1S/C23H27NO5S/c1-16-13-21(16)22-9-8-20(29-22)14-24(18-11-12-30(26,27)15-18)23(25)10-5-17-3-6-19(28-2)7-4-17/h3-10,16,18,21H,11-15H2,1-2H3/b10-5+. The summed E-state index contributed by atoms with van der Waals surface area (Å²) in [5.41, 5.74) is 0.867. The number of ether oxygens (including phenoxy) is 1. The molecule has 0 radical (unpaired) electrons. The summed E-state index contributed by atoms with van der Waals surface area (Å²) in [6.45, 7) is 2.46. The second kappa shape index (κ2) is 8.30. The van der Waals surface area contributed by atoms with Gasteiger partial charge in [-0.1, -0.05) is 19.1 Å². The van der Waals surface area contributed by atoms with Gasteiger partial charge in [-0.05, 0) is 54.7 Å². The average Bonchev–Trinajstić information content (AvgIpc) is 3.12. The Bertz CT molecular complexity index is 1040. The monoisotopic (exact) mass is 429 g/mol. The Hall–Kier alpha value is -2.54. The van der Waals surface area contributed by atoms with Gasteiger partial charge in [-0.3, -0.25) is 4.79 Å². The van der Waals surface area contributed by atoms with Crippen LogP contribution in [-0.2, 0) is 21.2 Å². The molecule has 1 aliphatic carbocycles. The molecule has 160 valence electrons. The molecule has 3 atom stereocenters. The zero-order valence-electron chi connectivity index (χ0n) is 17.3. The molecular weight excluding hydrogens is 402 g/mol. The van der Waals surface area contributed by atoms with Crippen LogP contribution in [0.3, 0.4) is 0 Å². The van der Waals surface area contributed by atoms with Crippen molar-refractivity contribution in [3.8, 4) is 5.75 Å². The highest BCUT2D eigenvalue weighted by molar-refractivity contribution is 7.91. The van der Waals surface area contributed by atoms with E-state index >= 15 is 0 Å². The number of carbonyl (C=O) groups excluding carboxylic acids is 1. The maximum Gasteiger partial charge on any atom is 0.247 e. The molecule has 6 nitrogen and oxygen atoms in total. The Balaban J connectivity index is 1.51. The molecule has 3 unspecified atom stereocenters. The van der Waals surface area contributed by atoms with Crippen molar-refractivity contribution in [3.63, 3.8) is 0 Å². The van der Waals surface area contributed by atoms with Gasteiger partial charge < -0.3 is 14.1 Å². The van der Waals surface area contributed by atoms with Crippen LogP contribution in [0.15, 0.2) is 46.9 Å². The van der Waals surface area contributed by atoms with Crippen molar-refractivity contribution >= 4 is 21.8 Å². The molecule has 1 aromatic heterocycles. The third kappa shape index (κ3) is 4.78. The van der Waals surface area contributed by atoms with E-state index in [0.29, 0.717) is 24.0 Å². The van der Waals surface area contributed by atoms with E-state index in [-0.39, 0.29) is 30.0 Å². The molecule has 7 heteroatoms. The van der Waals surface area contributed by atoms with E-state index in [1.165, 1.54) is 6.08 Å². The van der Waals surface area contributed by atoms with Crippen LogP contribution in [0.1, 0.15) is 42.8 Å². The molecule has 0 bridgehead atoms. The first-order valence-electron chi connectivity index (χ1n) is 10.3. The maximum absolute atomic E-state index is 13.0. The fraction of sp³-hybridized carbons (Fsp3) is 0.435. The Morgan fingerprint density at radius 3 is 2.57 bits per heavy atom. The molecule has 2 heterocycles. The second-order valence-corrected chi connectivity index (χ2v) is 10.5. The minimum Gasteiger partial charge on any atom is -0.497 e. The lowest BCUT2D eigenvalue weighted by Crippen LogP contribution is -2.39. The second-order valence-electron chi connectivity index (χ2n) is 8.25. The van der Waals surface area contributed by atoms with Gasteiger partial charge in [0.25, 0.3) is 0 Å². The fourth-order valence-corrected chi connectivity index (χ4v) is 5.68. The first kappa shape index (κ1) is 20.7. The van der Waals surface area contributed by atoms with Gasteiger partial charge >= 0.3 is 0 Å². The summed E-state index contributed by atoms with van der Waals surface area (Å²) in [6.07, 6.45) is 4.82. The van der Waals surface area contributed by atoms with Gasteiger partial charge in [-0.2, -0.15) is 0 Å². The van der Waals surface area contributed by atoms with E-state index in [1.54, 1.807) is 18.1 Å². The number of furan rings is 1. The van der Waals surface area contributed by atoms with Gasteiger partial charge in [-0.25, -0.2) is 8.42 Å². The first-order valence-corrected chi connectivity index (χ1v) is 12.1. The Labute approximate surface area is 177 Å². The molecule has 1 saturated carbocycles. The topological polar surface area (TPSA) is 76.8 Å². The number of carbonyl (C=O) groups is 1. The summed E-state index contributed by atoms with van der Waals surface area (Å²) >= 11 is 0. The minimum absolute atomic E-state index is 0.00232. The van der Waals surface area contributed by atoms with Crippen LogP contribution in [0.2, 0.25) is 0 Å². The molecule has 2 fully saturated rings. The van der Waals surface area contributed by atoms with Crippen molar-refractivity contribution in [2.24, 2.45) is 5.92 Å². The van der Waals surface area contributed by atoms with Crippen LogP contribution in [0.5, 0.6) is 5.75 Å². The van der Waals surface area contributed by atoms with Crippen LogP contribution in [-0.4, -0.2) is 43.9 Å². The van der Waals surface area contributed by atoms with Crippen molar-refractivity contribution in [1.29, 1.82) is 0 Å². The molecule has 0 spiro atoms. The lowest BCUT2D eigenvalue weighted by Gasteiger charge is -2.26. The van der Waals surface area contributed by atoms with Gasteiger partial charge in [0.15, 0.2) is 9.84 Å². The van der Waals surface area contributed by atoms with Gasteiger partial charge in [0.1, 0.15) is 17.3 Å². The van der Waals surface area contributed by atoms with Crippen molar-refractivity contribution in [2.45, 2.75) is 38.3 Å². The van der Waals surface area contributed by atoms with Crippen molar-refractivity contribution in [2.75, 3.05) is 18.6 Å². The van der Waals surface area contributed by atoms with Crippen LogP contribution in [0.25, 0.3) is 6.08 Å². The third-order valence-corrected chi connectivity index (χ3v) is 7.70. The zero-order chi connectivity index (χ0) is 21.3. The number of hydrogen-bond donors (Lipinski definition) is 0. The lowest BCUT2D eigenvalue weighted by molar-refractivity contribution is -0.128. The summed E-state index contributed by atoms with van der Waals surface area (Å²) in [7, 11) is -1.51. The summed E-state index contributed by atoms with van der Waals surface area (Å²) < 4.78 is 35.1. The van der Waals surface area contributed by atoms with E-state index in [2.05, 4.69) is 6.92 Å². The maximum atomic E-state index is 13.0. The van der Waals surface area contributed by atoms with Gasteiger partial charge in [0, 0.05) is 18.0 Å². The number of rotatable bonds is 7. The molecular formula is C23H27NO5S. The van der Waals surface area contributed by atoms with E-state index in [0.717, 1.165) is 23.5 Å². The van der Waals surface area contributed by atoms with Gasteiger partial charge in [0.05, 0.1) is 25.2 Å². The highest BCUT2D eigenvalue weighted by atomic mass is 32.2. The molecule has 30 heavy (non-hydrogen) atoms. The number of nitrogens with zero attached hydrogens (tertiary/aromatic N) is 1. The van der Waals surface area contributed by atoms with Crippen LogP contribution < -0.4 is 4.74 Å². The number of sulfone groups is 1. The van der Waals surface area contributed by atoms with Crippen LogP contribution >= 0.6 is 0 Å². The van der Waals surface area contributed by atoms with Crippen molar-refractivity contribution in [3.05, 3.63) is 59.6 Å². The SMILES string of the molecule is COc1ccc(/C=C/C(=O)N(Cc2ccc(C3CC3C)o2)C2CCS(=O)(=O)C2)cc1. The fourth-order valence-electron chi connectivity index (χ4n) is 3.95. The molecule has 2 aliphatic rings. The van der Waals surface area contributed by atoms with E-state index in [9.17, 15) is 13.2 Å². The lowest BCUT2D eigenvalue weighted by atomic mass is 10.1. The highest BCUT2D eigenvalue weighted by Crippen LogP contribution is 2.47. The normalized spacial score (nSPS) is 24.8. The number of amides is 1.